The van der Waals surface area contributed by atoms with Crippen molar-refractivity contribution in [2.24, 2.45) is 5.73 Å². The van der Waals surface area contributed by atoms with E-state index in [-0.39, 0.29) is 11.9 Å². The van der Waals surface area contributed by atoms with Crippen LogP contribution in [-0.2, 0) is 0 Å². The van der Waals surface area contributed by atoms with Gasteiger partial charge in [-0.05, 0) is 56.6 Å². The van der Waals surface area contributed by atoms with Gasteiger partial charge in [0.25, 0.3) is 0 Å². The van der Waals surface area contributed by atoms with Gasteiger partial charge < -0.3 is 10.6 Å². The van der Waals surface area contributed by atoms with Crippen molar-refractivity contribution in [2.45, 2.75) is 38.8 Å². The van der Waals surface area contributed by atoms with Gasteiger partial charge in [0.2, 0.25) is 0 Å². The summed E-state index contributed by atoms with van der Waals surface area (Å²) in [6.07, 6.45) is 2.52. The van der Waals surface area contributed by atoms with Gasteiger partial charge >= 0.3 is 0 Å². The third-order valence-electron chi connectivity index (χ3n) is 4.28. The van der Waals surface area contributed by atoms with Crippen LogP contribution in [0.2, 0.25) is 0 Å². The van der Waals surface area contributed by atoms with Crippen LogP contribution in [0.4, 0.5) is 10.1 Å². The van der Waals surface area contributed by atoms with E-state index in [1.165, 1.54) is 25.5 Å². The van der Waals surface area contributed by atoms with E-state index in [1.54, 1.807) is 6.07 Å². The molecule has 0 aliphatic carbocycles. The van der Waals surface area contributed by atoms with Crippen molar-refractivity contribution >= 4 is 5.69 Å². The minimum absolute atomic E-state index is 0.158. The lowest BCUT2D eigenvalue weighted by molar-refractivity contribution is 0.270. The zero-order valence-electron chi connectivity index (χ0n) is 12.8. The number of hydrogen-bond acceptors (Lipinski definition) is 3. The first-order valence-electron chi connectivity index (χ1n) is 7.53. The molecule has 2 atom stereocenters. The van der Waals surface area contributed by atoms with Gasteiger partial charge in [0.05, 0.1) is 0 Å². The minimum atomic E-state index is -0.217. The maximum atomic E-state index is 13.4. The van der Waals surface area contributed by atoms with Crippen LogP contribution in [0.3, 0.4) is 0 Å². The second-order valence-corrected chi connectivity index (χ2v) is 5.80. The summed E-state index contributed by atoms with van der Waals surface area (Å²) in [5, 5.41) is 0. The van der Waals surface area contributed by atoms with E-state index in [1.807, 2.05) is 13.0 Å². The first-order valence-corrected chi connectivity index (χ1v) is 7.53. The zero-order chi connectivity index (χ0) is 14.7. The van der Waals surface area contributed by atoms with Crippen LogP contribution in [0, 0.1) is 5.82 Å². The van der Waals surface area contributed by atoms with Gasteiger partial charge in [0.15, 0.2) is 0 Å². The van der Waals surface area contributed by atoms with Crippen LogP contribution in [0.5, 0.6) is 0 Å². The Kier molecular flexibility index (Phi) is 5.00. The van der Waals surface area contributed by atoms with E-state index in [9.17, 15) is 4.39 Å². The zero-order valence-corrected chi connectivity index (χ0v) is 12.8. The summed E-state index contributed by atoms with van der Waals surface area (Å²) in [6, 6.07) is 5.36. The lowest BCUT2D eigenvalue weighted by Crippen LogP contribution is -2.39. The highest BCUT2D eigenvalue weighted by molar-refractivity contribution is 5.54. The molecule has 20 heavy (non-hydrogen) atoms. The molecule has 1 aromatic rings. The van der Waals surface area contributed by atoms with Gasteiger partial charge in [-0.2, -0.15) is 0 Å². The molecule has 2 rings (SSSR count). The molecule has 1 unspecified atom stereocenters. The fraction of sp³-hybridized carbons (Fsp3) is 0.625. The summed E-state index contributed by atoms with van der Waals surface area (Å²) in [5.41, 5.74) is 7.91. The third-order valence-corrected chi connectivity index (χ3v) is 4.28. The predicted octanol–water partition coefficient (Wildman–Crippen LogP) is 2.77. The Balaban J connectivity index is 2.14. The quantitative estimate of drug-likeness (QED) is 0.899. The van der Waals surface area contributed by atoms with Crippen molar-refractivity contribution in [3.63, 3.8) is 0 Å². The molecule has 0 amide bonds. The number of likely N-dealkylation sites (N-methyl/N-ethyl adjacent to an activating group) is 2. The largest absolute Gasteiger partial charge is 0.373 e. The van der Waals surface area contributed by atoms with E-state index < -0.39 is 0 Å². The lowest BCUT2D eigenvalue weighted by Gasteiger charge is -2.30. The van der Waals surface area contributed by atoms with Crippen molar-refractivity contribution in [3.05, 3.63) is 29.6 Å². The van der Waals surface area contributed by atoms with Crippen LogP contribution in [0.15, 0.2) is 18.2 Å². The number of likely N-dealkylation sites (tertiary alicyclic amines) is 1. The summed E-state index contributed by atoms with van der Waals surface area (Å²) in [6.45, 7) is 7.38. The van der Waals surface area contributed by atoms with Gasteiger partial charge in [-0.25, -0.2) is 4.39 Å². The molecule has 4 heteroatoms. The molecule has 1 aliphatic heterocycles. The molecule has 3 nitrogen and oxygen atoms in total. The first-order chi connectivity index (χ1) is 9.52. The molecule has 1 heterocycles. The Morgan fingerprint density at radius 1 is 1.50 bits per heavy atom. The van der Waals surface area contributed by atoms with Crippen LogP contribution >= 0.6 is 0 Å². The average molecular weight is 279 g/mol. The molecule has 0 saturated carbocycles. The second-order valence-electron chi connectivity index (χ2n) is 5.80. The SMILES string of the molecule is CCN1CCCC1CN(C)c1ccc(F)cc1[C@H](C)N. The average Bonchev–Trinajstić information content (AvgIpc) is 2.85. The standard InChI is InChI=1S/C16H26FN3/c1-4-20-9-5-6-14(20)11-19(3)16-8-7-13(17)10-15(16)12(2)18/h7-8,10,12,14H,4-6,9,11,18H2,1-3H3/t12-,14?/m0/s1. The number of hydrogen-bond donors (Lipinski definition) is 1. The number of benzene rings is 1. The number of halogens is 1. The van der Waals surface area contributed by atoms with E-state index in [0.29, 0.717) is 6.04 Å². The summed E-state index contributed by atoms with van der Waals surface area (Å²) >= 11 is 0. The number of anilines is 1. The molecule has 0 aromatic heterocycles. The Labute approximate surface area is 121 Å². The highest BCUT2D eigenvalue weighted by atomic mass is 19.1. The van der Waals surface area contributed by atoms with E-state index in [2.05, 4.69) is 23.8 Å². The second kappa shape index (κ2) is 6.55. The molecule has 0 radical (unpaired) electrons. The van der Waals surface area contributed by atoms with Crippen molar-refractivity contribution in [1.82, 2.24) is 4.90 Å². The summed E-state index contributed by atoms with van der Waals surface area (Å²) < 4.78 is 13.4. The van der Waals surface area contributed by atoms with Crippen LogP contribution in [0.25, 0.3) is 0 Å². The minimum Gasteiger partial charge on any atom is -0.373 e. The fourth-order valence-electron chi connectivity index (χ4n) is 3.17. The molecular weight excluding hydrogens is 253 g/mol. The smallest absolute Gasteiger partial charge is 0.123 e. The number of nitrogens with zero attached hydrogens (tertiary/aromatic N) is 2. The van der Waals surface area contributed by atoms with Gasteiger partial charge in [-0.3, -0.25) is 4.90 Å². The van der Waals surface area contributed by atoms with E-state index in [0.717, 1.165) is 24.3 Å². The molecule has 0 bridgehead atoms. The molecule has 0 spiro atoms. The number of nitrogens with two attached hydrogens (primary N) is 1. The van der Waals surface area contributed by atoms with Crippen molar-refractivity contribution < 1.29 is 4.39 Å². The predicted molar refractivity (Wildman–Crippen MR) is 82.5 cm³/mol. The van der Waals surface area contributed by atoms with Crippen LogP contribution in [-0.4, -0.2) is 37.6 Å². The van der Waals surface area contributed by atoms with Gasteiger partial charge in [-0.1, -0.05) is 6.92 Å². The van der Waals surface area contributed by atoms with Crippen molar-refractivity contribution in [1.29, 1.82) is 0 Å². The maximum absolute atomic E-state index is 13.4. The topological polar surface area (TPSA) is 32.5 Å². The lowest BCUT2D eigenvalue weighted by atomic mass is 10.0. The Bertz CT molecular complexity index is 447. The van der Waals surface area contributed by atoms with Crippen LogP contribution < -0.4 is 10.6 Å². The van der Waals surface area contributed by atoms with Gasteiger partial charge in [0, 0.05) is 31.4 Å². The van der Waals surface area contributed by atoms with E-state index >= 15 is 0 Å². The van der Waals surface area contributed by atoms with E-state index in [4.69, 9.17) is 5.73 Å². The normalized spacial score (nSPS) is 21.1. The monoisotopic (exact) mass is 279 g/mol. The van der Waals surface area contributed by atoms with Gasteiger partial charge in [-0.15, -0.1) is 0 Å². The highest BCUT2D eigenvalue weighted by Crippen LogP contribution is 2.27. The Hall–Kier alpha value is -1.13. The Morgan fingerprint density at radius 2 is 2.25 bits per heavy atom. The van der Waals surface area contributed by atoms with Crippen molar-refractivity contribution in [3.8, 4) is 0 Å². The molecule has 1 aromatic carbocycles. The fourth-order valence-corrected chi connectivity index (χ4v) is 3.17. The summed E-state index contributed by atoms with van der Waals surface area (Å²) in [4.78, 5) is 4.74. The molecule has 1 fully saturated rings. The number of rotatable bonds is 5. The molecule has 1 saturated heterocycles. The first kappa shape index (κ1) is 15.3. The summed E-state index contributed by atoms with van der Waals surface area (Å²) in [7, 11) is 2.07. The van der Waals surface area contributed by atoms with Gasteiger partial charge in [0.1, 0.15) is 5.82 Å². The Morgan fingerprint density at radius 3 is 2.90 bits per heavy atom. The maximum Gasteiger partial charge on any atom is 0.123 e. The van der Waals surface area contributed by atoms with Crippen LogP contribution in [0.1, 0.15) is 38.3 Å². The highest BCUT2D eigenvalue weighted by Gasteiger charge is 2.25. The third kappa shape index (κ3) is 3.30. The molecule has 1 aliphatic rings. The van der Waals surface area contributed by atoms with Crippen molar-refractivity contribution in [2.75, 3.05) is 31.6 Å². The molecule has 112 valence electrons. The molecule has 2 N–H and O–H groups in total. The molecular formula is C16H26FN3. The summed E-state index contributed by atoms with van der Waals surface area (Å²) in [5.74, 6) is -0.217.